The van der Waals surface area contributed by atoms with Crippen LogP contribution in [0.1, 0.15) is 29.5 Å². The molecule has 32 heavy (non-hydrogen) atoms. The van der Waals surface area contributed by atoms with E-state index >= 15 is 0 Å². The van der Waals surface area contributed by atoms with E-state index in [1.54, 1.807) is 24.3 Å². The number of rotatable bonds is 4. The molecule has 0 aromatic heterocycles. The largest absolute Gasteiger partial charge is 0.488 e. The first kappa shape index (κ1) is 21.8. The zero-order valence-corrected chi connectivity index (χ0v) is 17.5. The Kier molecular flexibility index (Phi) is 6.65. The third-order valence-electron chi connectivity index (χ3n) is 5.64. The minimum absolute atomic E-state index is 0.00505. The number of hydrogen-bond donors (Lipinski definition) is 2. The van der Waals surface area contributed by atoms with E-state index in [-0.39, 0.29) is 24.5 Å². The van der Waals surface area contributed by atoms with Gasteiger partial charge in [-0.1, -0.05) is 6.07 Å². The smallest absolute Gasteiger partial charge is 0.251 e. The van der Waals surface area contributed by atoms with Gasteiger partial charge in [-0.05, 0) is 60.3 Å². The molecule has 2 aromatic rings. The third-order valence-corrected chi connectivity index (χ3v) is 5.64. The van der Waals surface area contributed by atoms with Gasteiger partial charge >= 0.3 is 0 Å². The van der Waals surface area contributed by atoms with Gasteiger partial charge in [0.2, 0.25) is 0 Å². The van der Waals surface area contributed by atoms with Crippen LogP contribution in [0.3, 0.4) is 0 Å². The Bertz CT molecular complexity index is 1100. The van der Waals surface area contributed by atoms with Crippen molar-refractivity contribution in [2.75, 3.05) is 19.7 Å². The Balaban J connectivity index is 1.49. The van der Waals surface area contributed by atoms with Crippen LogP contribution in [0.2, 0.25) is 0 Å². The lowest BCUT2D eigenvalue weighted by atomic mass is 9.93. The Hall–Kier alpha value is -3.46. The SMILES string of the molecule is N#Cc1ccc2c(c1)COc1cc(C[C@@H](C#N)NC(=O)[C@@H]3CNCCCCO3)c(F)cc1-2. The van der Waals surface area contributed by atoms with Gasteiger partial charge in [0.25, 0.3) is 5.91 Å². The van der Waals surface area contributed by atoms with Crippen LogP contribution in [0, 0.1) is 28.5 Å². The lowest BCUT2D eigenvalue weighted by Gasteiger charge is -2.24. The van der Waals surface area contributed by atoms with Crippen LogP contribution in [-0.4, -0.2) is 37.7 Å². The van der Waals surface area contributed by atoms with Gasteiger partial charge in [0.15, 0.2) is 0 Å². The van der Waals surface area contributed by atoms with Crippen LogP contribution in [0.25, 0.3) is 11.1 Å². The summed E-state index contributed by atoms with van der Waals surface area (Å²) in [5, 5.41) is 24.4. The molecule has 1 amide bonds. The normalized spacial score (nSPS) is 18.4. The first-order valence-electron chi connectivity index (χ1n) is 10.6. The molecule has 2 aliphatic rings. The van der Waals surface area contributed by atoms with Crippen LogP contribution < -0.4 is 15.4 Å². The highest BCUT2D eigenvalue weighted by molar-refractivity contribution is 5.81. The molecule has 2 atom stereocenters. The number of nitrogens with zero attached hydrogens (tertiary/aromatic N) is 2. The van der Waals surface area contributed by atoms with Gasteiger partial charge in [-0.15, -0.1) is 0 Å². The van der Waals surface area contributed by atoms with E-state index < -0.39 is 18.0 Å². The van der Waals surface area contributed by atoms with E-state index in [4.69, 9.17) is 14.7 Å². The number of nitrogens with one attached hydrogen (secondary N) is 2. The van der Waals surface area contributed by atoms with Crippen LogP contribution in [0.15, 0.2) is 30.3 Å². The molecule has 1 fully saturated rings. The number of benzene rings is 2. The first-order valence-corrected chi connectivity index (χ1v) is 10.6. The molecule has 0 saturated carbocycles. The van der Waals surface area contributed by atoms with Crippen molar-refractivity contribution in [1.29, 1.82) is 10.5 Å². The molecule has 0 unspecified atom stereocenters. The standard InChI is InChI=1S/C24H23FN4O3/c25-21-10-20-19-4-3-15(11-26)7-17(19)14-32-22(20)9-16(21)8-18(12-27)29-24(30)23-13-28-5-1-2-6-31-23/h3-4,7,9-10,18,23,28H,1-2,5-6,8,13-14H2,(H,29,30)/t18-,23-/m0/s1. The quantitative estimate of drug-likeness (QED) is 0.766. The Morgan fingerprint density at radius 2 is 2.12 bits per heavy atom. The fraction of sp³-hybridized carbons (Fsp3) is 0.375. The van der Waals surface area contributed by atoms with E-state index in [1.807, 2.05) is 6.07 Å². The summed E-state index contributed by atoms with van der Waals surface area (Å²) >= 11 is 0. The Labute approximate surface area is 185 Å². The van der Waals surface area contributed by atoms with E-state index in [9.17, 15) is 14.4 Å². The summed E-state index contributed by atoms with van der Waals surface area (Å²) in [5.41, 5.74) is 3.03. The van der Waals surface area contributed by atoms with Crippen molar-refractivity contribution in [2.24, 2.45) is 0 Å². The van der Waals surface area contributed by atoms with Crippen molar-refractivity contribution in [1.82, 2.24) is 10.6 Å². The molecule has 164 valence electrons. The number of nitriles is 2. The van der Waals surface area contributed by atoms with Gasteiger partial charge in [0.1, 0.15) is 30.3 Å². The lowest BCUT2D eigenvalue weighted by molar-refractivity contribution is -0.133. The topological polar surface area (TPSA) is 107 Å². The van der Waals surface area contributed by atoms with Crippen LogP contribution in [0.4, 0.5) is 4.39 Å². The Morgan fingerprint density at radius 3 is 2.94 bits per heavy atom. The third kappa shape index (κ3) is 4.72. The zero-order valence-electron chi connectivity index (χ0n) is 17.5. The average Bonchev–Trinajstić information content (AvgIpc) is 2.78. The molecule has 7 nitrogen and oxygen atoms in total. The highest BCUT2D eigenvalue weighted by atomic mass is 19.1. The van der Waals surface area contributed by atoms with Crippen LogP contribution >= 0.6 is 0 Å². The molecule has 2 N–H and O–H groups in total. The molecule has 2 heterocycles. The summed E-state index contributed by atoms with van der Waals surface area (Å²) in [4.78, 5) is 12.6. The molecular weight excluding hydrogens is 411 g/mol. The Morgan fingerprint density at radius 1 is 1.25 bits per heavy atom. The summed E-state index contributed by atoms with van der Waals surface area (Å²) in [6.45, 7) is 1.95. The maximum atomic E-state index is 14.9. The van der Waals surface area contributed by atoms with Crippen molar-refractivity contribution in [2.45, 2.75) is 38.0 Å². The summed E-state index contributed by atoms with van der Waals surface area (Å²) in [6, 6.07) is 11.4. The van der Waals surface area contributed by atoms with E-state index in [0.29, 0.717) is 30.0 Å². The van der Waals surface area contributed by atoms with Gasteiger partial charge in [-0.3, -0.25) is 4.79 Å². The highest BCUT2D eigenvalue weighted by Crippen LogP contribution is 2.39. The monoisotopic (exact) mass is 434 g/mol. The molecule has 2 aliphatic heterocycles. The molecule has 2 aromatic carbocycles. The second-order valence-corrected chi connectivity index (χ2v) is 7.88. The van der Waals surface area contributed by atoms with Gasteiger partial charge in [-0.2, -0.15) is 10.5 Å². The average molecular weight is 434 g/mol. The lowest BCUT2D eigenvalue weighted by Crippen LogP contribution is -2.47. The number of ether oxygens (including phenoxy) is 2. The van der Waals surface area contributed by atoms with Crippen molar-refractivity contribution in [3.63, 3.8) is 0 Å². The second kappa shape index (κ2) is 9.78. The maximum Gasteiger partial charge on any atom is 0.251 e. The fourth-order valence-corrected chi connectivity index (χ4v) is 3.93. The van der Waals surface area contributed by atoms with E-state index in [0.717, 1.165) is 30.5 Å². The van der Waals surface area contributed by atoms with Crippen LogP contribution in [-0.2, 0) is 22.6 Å². The minimum Gasteiger partial charge on any atom is -0.488 e. The van der Waals surface area contributed by atoms with Crippen molar-refractivity contribution >= 4 is 5.91 Å². The number of hydrogen-bond acceptors (Lipinski definition) is 6. The van der Waals surface area contributed by atoms with Crippen molar-refractivity contribution < 1.29 is 18.7 Å². The molecule has 0 bridgehead atoms. The number of amides is 1. The van der Waals surface area contributed by atoms with E-state index in [2.05, 4.69) is 16.7 Å². The summed E-state index contributed by atoms with van der Waals surface area (Å²) in [5.74, 6) is -0.361. The predicted molar refractivity (Wildman–Crippen MR) is 114 cm³/mol. The number of fused-ring (bicyclic) bond motifs is 3. The highest BCUT2D eigenvalue weighted by Gasteiger charge is 2.25. The summed E-state index contributed by atoms with van der Waals surface area (Å²) < 4.78 is 26.3. The van der Waals surface area contributed by atoms with Gasteiger partial charge in [0, 0.05) is 25.1 Å². The number of carbonyl (C=O) groups excluding carboxylic acids is 1. The summed E-state index contributed by atoms with van der Waals surface area (Å²) in [6.07, 6.45) is 1.17. The minimum atomic E-state index is -0.904. The molecular formula is C24H23FN4O3. The number of halogens is 1. The van der Waals surface area contributed by atoms with Gasteiger partial charge in [0.05, 0.1) is 17.7 Å². The molecule has 4 rings (SSSR count). The van der Waals surface area contributed by atoms with E-state index in [1.165, 1.54) is 6.07 Å². The summed E-state index contributed by atoms with van der Waals surface area (Å²) in [7, 11) is 0. The van der Waals surface area contributed by atoms with Gasteiger partial charge < -0.3 is 20.1 Å². The molecule has 0 radical (unpaired) electrons. The molecule has 0 aliphatic carbocycles. The molecule has 0 spiro atoms. The second-order valence-electron chi connectivity index (χ2n) is 7.88. The molecule has 1 saturated heterocycles. The first-order chi connectivity index (χ1) is 15.6. The van der Waals surface area contributed by atoms with Crippen molar-refractivity contribution in [3.05, 3.63) is 52.8 Å². The molecule has 8 heteroatoms. The fourth-order valence-electron chi connectivity index (χ4n) is 3.93. The maximum absolute atomic E-state index is 14.9. The predicted octanol–water partition coefficient (Wildman–Crippen LogP) is 2.58. The van der Waals surface area contributed by atoms with Crippen LogP contribution in [0.5, 0.6) is 5.75 Å². The van der Waals surface area contributed by atoms with Gasteiger partial charge in [-0.25, -0.2) is 4.39 Å². The zero-order chi connectivity index (χ0) is 22.5. The van der Waals surface area contributed by atoms with Crippen molar-refractivity contribution in [3.8, 4) is 29.0 Å². The number of carbonyl (C=O) groups is 1.